The van der Waals surface area contributed by atoms with Crippen LogP contribution in [0.4, 0.5) is 5.69 Å². The Morgan fingerprint density at radius 1 is 1.32 bits per heavy atom. The summed E-state index contributed by atoms with van der Waals surface area (Å²) in [6, 6.07) is 5.21. The fourth-order valence-corrected chi connectivity index (χ4v) is 5.58. The maximum atomic E-state index is 13.1. The summed E-state index contributed by atoms with van der Waals surface area (Å²) in [4.78, 5) is 13.1. The van der Waals surface area contributed by atoms with Crippen molar-refractivity contribution in [1.82, 2.24) is 0 Å². The molecular formula is C17H19Cl2NO2. The molecule has 2 saturated carbocycles. The molecule has 1 amide bonds. The summed E-state index contributed by atoms with van der Waals surface area (Å²) in [7, 11) is 0. The SMILES string of the molecule is C[C@]12CC[C@@H]3C[C@@]1(C(=O)Nc1c(Cl)cccc1Cl)OC[C@@]32C. The normalized spacial score (nSPS) is 41.9. The lowest BCUT2D eigenvalue weighted by Gasteiger charge is -2.40. The standard InChI is InChI=1S/C17H19Cl2NO2/c1-15-9-22-17(8-10(15)6-7-16(15,17)2)14(21)20-13-11(18)4-3-5-12(13)19/h3-5,10H,6-9H2,1-2H3,(H,20,21)/t10-,15+,16-,17+/m1/s1. The van der Waals surface area contributed by atoms with E-state index in [4.69, 9.17) is 27.9 Å². The molecule has 4 bridgehead atoms. The molecule has 3 fully saturated rings. The van der Waals surface area contributed by atoms with E-state index < -0.39 is 5.60 Å². The Balaban J connectivity index is 1.70. The number of hydrogen-bond acceptors (Lipinski definition) is 2. The average Bonchev–Trinajstić information content (AvgIpc) is 2.95. The van der Waals surface area contributed by atoms with Crippen molar-refractivity contribution in [2.75, 3.05) is 11.9 Å². The van der Waals surface area contributed by atoms with Crippen LogP contribution < -0.4 is 5.32 Å². The van der Waals surface area contributed by atoms with Crippen molar-refractivity contribution in [3.8, 4) is 0 Å². The van der Waals surface area contributed by atoms with Gasteiger partial charge in [-0.05, 0) is 37.3 Å². The van der Waals surface area contributed by atoms with Gasteiger partial charge in [-0.1, -0.05) is 43.1 Å². The van der Waals surface area contributed by atoms with Gasteiger partial charge in [0.25, 0.3) is 5.91 Å². The van der Waals surface area contributed by atoms with Gasteiger partial charge in [0.15, 0.2) is 5.60 Å². The topological polar surface area (TPSA) is 38.3 Å². The van der Waals surface area contributed by atoms with E-state index in [1.807, 2.05) is 0 Å². The third-order valence-corrected chi connectivity index (χ3v) is 7.40. The number of para-hydroxylation sites is 1. The van der Waals surface area contributed by atoms with Gasteiger partial charge in [-0.3, -0.25) is 4.79 Å². The molecule has 4 atom stereocenters. The van der Waals surface area contributed by atoms with Crippen LogP contribution >= 0.6 is 23.2 Å². The van der Waals surface area contributed by atoms with E-state index in [-0.39, 0.29) is 16.7 Å². The Kier molecular flexibility index (Phi) is 2.96. The molecule has 2 aliphatic carbocycles. The highest BCUT2D eigenvalue weighted by Gasteiger charge is 2.78. The lowest BCUT2D eigenvalue weighted by atomic mass is 9.66. The summed E-state index contributed by atoms with van der Waals surface area (Å²) in [5.41, 5.74) is -0.265. The van der Waals surface area contributed by atoms with Crippen LogP contribution in [-0.4, -0.2) is 18.1 Å². The third kappa shape index (κ3) is 1.50. The van der Waals surface area contributed by atoms with Gasteiger partial charge in [-0.15, -0.1) is 0 Å². The number of anilines is 1. The van der Waals surface area contributed by atoms with Crippen LogP contribution in [-0.2, 0) is 9.53 Å². The van der Waals surface area contributed by atoms with Crippen LogP contribution in [0.1, 0.15) is 33.1 Å². The highest BCUT2D eigenvalue weighted by molar-refractivity contribution is 6.39. The number of amides is 1. The average molecular weight is 340 g/mol. The van der Waals surface area contributed by atoms with Crippen molar-refractivity contribution < 1.29 is 9.53 Å². The summed E-state index contributed by atoms with van der Waals surface area (Å²) in [6.07, 6.45) is 3.03. The van der Waals surface area contributed by atoms with Crippen molar-refractivity contribution in [2.45, 2.75) is 38.7 Å². The number of benzene rings is 1. The summed E-state index contributed by atoms with van der Waals surface area (Å²) in [5, 5.41) is 3.84. The molecule has 1 saturated heterocycles. The zero-order chi connectivity index (χ0) is 15.8. The highest BCUT2D eigenvalue weighted by Crippen LogP contribution is 2.75. The Morgan fingerprint density at radius 2 is 2.00 bits per heavy atom. The Hall–Kier alpha value is -0.770. The second-order valence-corrected chi connectivity index (χ2v) is 8.17. The minimum absolute atomic E-state index is 0.101. The smallest absolute Gasteiger partial charge is 0.257 e. The zero-order valence-electron chi connectivity index (χ0n) is 12.7. The lowest BCUT2D eigenvalue weighted by molar-refractivity contribution is -0.149. The first-order valence-electron chi connectivity index (χ1n) is 7.73. The van der Waals surface area contributed by atoms with E-state index in [0.717, 1.165) is 12.8 Å². The van der Waals surface area contributed by atoms with E-state index in [1.165, 1.54) is 6.42 Å². The molecule has 118 valence electrons. The van der Waals surface area contributed by atoms with Crippen molar-refractivity contribution in [1.29, 1.82) is 0 Å². The van der Waals surface area contributed by atoms with Crippen molar-refractivity contribution in [3.05, 3.63) is 28.2 Å². The fourth-order valence-electron chi connectivity index (χ4n) is 5.09. The first-order chi connectivity index (χ1) is 10.3. The van der Waals surface area contributed by atoms with E-state index in [9.17, 15) is 4.79 Å². The first-order valence-corrected chi connectivity index (χ1v) is 8.49. The maximum Gasteiger partial charge on any atom is 0.257 e. The van der Waals surface area contributed by atoms with E-state index in [0.29, 0.717) is 28.3 Å². The maximum absolute atomic E-state index is 13.1. The molecule has 0 unspecified atom stereocenters. The number of hydrogen-bond donors (Lipinski definition) is 1. The van der Waals surface area contributed by atoms with Gasteiger partial charge in [0.05, 0.1) is 22.3 Å². The molecule has 1 aliphatic heterocycles. The largest absolute Gasteiger partial charge is 0.364 e. The Labute approximate surface area is 140 Å². The number of nitrogens with one attached hydrogen (secondary N) is 1. The van der Waals surface area contributed by atoms with Crippen molar-refractivity contribution in [2.24, 2.45) is 16.7 Å². The van der Waals surface area contributed by atoms with Gasteiger partial charge in [-0.25, -0.2) is 0 Å². The summed E-state index contributed by atoms with van der Waals surface area (Å²) in [6.45, 7) is 5.15. The molecule has 5 heteroatoms. The molecular weight excluding hydrogens is 321 g/mol. The van der Waals surface area contributed by atoms with Gasteiger partial charge < -0.3 is 10.1 Å². The minimum atomic E-state index is -0.743. The van der Waals surface area contributed by atoms with Gasteiger partial charge >= 0.3 is 0 Å². The molecule has 0 spiro atoms. The molecule has 0 radical (unpaired) electrons. The second kappa shape index (κ2) is 4.40. The number of carbonyl (C=O) groups is 1. The molecule has 1 aromatic rings. The quantitative estimate of drug-likeness (QED) is 0.859. The van der Waals surface area contributed by atoms with E-state index in [2.05, 4.69) is 19.2 Å². The van der Waals surface area contributed by atoms with Crippen LogP contribution in [0.25, 0.3) is 0 Å². The fraction of sp³-hybridized carbons (Fsp3) is 0.588. The number of halogens is 2. The van der Waals surface area contributed by atoms with Gasteiger partial charge in [0.2, 0.25) is 0 Å². The van der Waals surface area contributed by atoms with Crippen molar-refractivity contribution >= 4 is 34.8 Å². The molecule has 4 rings (SSSR count). The Morgan fingerprint density at radius 3 is 2.59 bits per heavy atom. The zero-order valence-corrected chi connectivity index (χ0v) is 14.2. The molecule has 22 heavy (non-hydrogen) atoms. The molecule has 1 N–H and O–H groups in total. The van der Waals surface area contributed by atoms with Gasteiger partial charge in [-0.2, -0.15) is 0 Å². The second-order valence-electron chi connectivity index (χ2n) is 7.36. The number of ether oxygens (including phenoxy) is 1. The Bertz CT molecular complexity index is 658. The van der Waals surface area contributed by atoms with Gasteiger partial charge in [0.1, 0.15) is 0 Å². The molecule has 3 nitrogen and oxygen atoms in total. The van der Waals surface area contributed by atoms with Gasteiger partial charge in [0, 0.05) is 10.8 Å². The van der Waals surface area contributed by atoms with Crippen LogP contribution in [0.5, 0.6) is 0 Å². The predicted molar refractivity (Wildman–Crippen MR) is 87.3 cm³/mol. The third-order valence-electron chi connectivity index (χ3n) is 6.77. The summed E-state index contributed by atoms with van der Waals surface area (Å²) >= 11 is 12.4. The van der Waals surface area contributed by atoms with E-state index >= 15 is 0 Å². The molecule has 1 heterocycles. The first kappa shape index (κ1) is 14.8. The van der Waals surface area contributed by atoms with Crippen LogP contribution in [0.15, 0.2) is 18.2 Å². The molecule has 0 aromatic heterocycles. The molecule has 3 aliphatic rings. The number of rotatable bonds is 2. The monoisotopic (exact) mass is 339 g/mol. The minimum Gasteiger partial charge on any atom is -0.364 e. The lowest BCUT2D eigenvalue weighted by Crippen LogP contribution is -2.52. The number of carbonyl (C=O) groups excluding carboxylic acids is 1. The molecule has 1 aromatic carbocycles. The highest BCUT2D eigenvalue weighted by atomic mass is 35.5. The van der Waals surface area contributed by atoms with Crippen molar-refractivity contribution in [3.63, 3.8) is 0 Å². The van der Waals surface area contributed by atoms with E-state index in [1.54, 1.807) is 18.2 Å². The summed E-state index contributed by atoms with van der Waals surface area (Å²) in [5.74, 6) is 0.467. The van der Waals surface area contributed by atoms with Crippen LogP contribution in [0, 0.1) is 16.7 Å². The summed E-state index contributed by atoms with van der Waals surface area (Å²) < 4.78 is 6.09. The van der Waals surface area contributed by atoms with Crippen LogP contribution in [0.3, 0.4) is 0 Å². The predicted octanol–water partition coefficient (Wildman–Crippen LogP) is 4.53. The van der Waals surface area contributed by atoms with Crippen LogP contribution in [0.2, 0.25) is 10.0 Å².